The number of aliphatic hydroxyl groups is 2. The quantitative estimate of drug-likeness (QED) is 0.800. The van der Waals surface area contributed by atoms with Crippen LogP contribution >= 0.6 is 0 Å². The molecule has 0 aromatic rings. The van der Waals surface area contributed by atoms with Crippen LogP contribution in [0.15, 0.2) is 46.7 Å². The van der Waals surface area contributed by atoms with E-state index in [2.05, 4.69) is 0 Å². The highest BCUT2D eigenvalue weighted by Crippen LogP contribution is 2.41. The van der Waals surface area contributed by atoms with Crippen molar-refractivity contribution < 1.29 is 29.3 Å². The number of ketones is 2. The molecule has 0 aromatic heterocycles. The van der Waals surface area contributed by atoms with Crippen molar-refractivity contribution in [1.82, 2.24) is 0 Å². The van der Waals surface area contributed by atoms with Gasteiger partial charge in [-0.3, -0.25) is 9.59 Å². The zero-order valence-corrected chi connectivity index (χ0v) is 15.4. The number of hydrogen-bond acceptors (Lipinski definition) is 6. The van der Waals surface area contributed by atoms with Crippen molar-refractivity contribution in [2.75, 3.05) is 0 Å². The molecule has 6 nitrogen and oxygen atoms in total. The third-order valence-electron chi connectivity index (χ3n) is 5.04. The van der Waals surface area contributed by atoms with Gasteiger partial charge >= 0.3 is 0 Å². The van der Waals surface area contributed by atoms with Crippen LogP contribution in [0.2, 0.25) is 0 Å². The second-order valence-electron chi connectivity index (χ2n) is 7.47. The van der Waals surface area contributed by atoms with Gasteiger partial charge in [0.1, 0.15) is 23.7 Å². The SMILES string of the molecule is CC1=CC2=C(C[C@H](C)C3=CC(=O)CC(C)O3)C(=O)[C@](C)(O)[C@@H](O)C2=CO1. The summed E-state index contributed by atoms with van der Waals surface area (Å²) in [5, 5.41) is 20.9. The largest absolute Gasteiger partial charge is 0.494 e. The van der Waals surface area contributed by atoms with Crippen LogP contribution in [0.5, 0.6) is 0 Å². The number of aliphatic hydroxyl groups excluding tert-OH is 1. The van der Waals surface area contributed by atoms with Gasteiger partial charge in [0, 0.05) is 29.6 Å². The number of Topliss-reactive ketones (excluding diaryl/α,β-unsaturated/α-hetero) is 1. The average molecular weight is 360 g/mol. The molecule has 0 aromatic carbocycles. The molecule has 26 heavy (non-hydrogen) atoms. The fourth-order valence-electron chi connectivity index (χ4n) is 3.55. The summed E-state index contributed by atoms with van der Waals surface area (Å²) in [4.78, 5) is 24.7. The van der Waals surface area contributed by atoms with Crippen molar-refractivity contribution in [2.24, 2.45) is 5.92 Å². The molecule has 0 fully saturated rings. The van der Waals surface area contributed by atoms with Crippen molar-refractivity contribution in [3.63, 3.8) is 0 Å². The number of carbonyl (C=O) groups excluding carboxylic acids is 2. The van der Waals surface area contributed by atoms with Gasteiger partial charge < -0.3 is 19.7 Å². The first-order valence-electron chi connectivity index (χ1n) is 8.76. The fourth-order valence-corrected chi connectivity index (χ4v) is 3.55. The molecule has 0 amide bonds. The second-order valence-corrected chi connectivity index (χ2v) is 7.47. The standard InChI is InChI=1S/C20H24O6/c1-10(17-8-13(21)6-12(3)26-17)5-15-14-7-11(2)25-9-16(14)19(23)20(4,24)18(15)22/h7-10,12,19,23-24H,5-6H2,1-4H3/t10-,12?,19-,20-/m0/s1. The summed E-state index contributed by atoms with van der Waals surface area (Å²) in [6.45, 7) is 6.75. The van der Waals surface area contributed by atoms with Crippen LogP contribution in [-0.4, -0.2) is 39.6 Å². The molecule has 2 aliphatic heterocycles. The normalized spacial score (nSPS) is 32.8. The molecule has 0 spiro atoms. The average Bonchev–Trinajstić information content (AvgIpc) is 2.56. The second kappa shape index (κ2) is 6.52. The first kappa shape index (κ1) is 18.6. The maximum atomic E-state index is 12.9. The molecule has 0 radical (unpaired) electrons. The Balaban J connectivity index is 1.99. The van der Waals surface area contributed by atoms with Gasteiger partial charge in [0.25, 0.3) is 0 Å². The minimum Gasteiger partial charge on any atom is -0.494 e. The van der Waals surface area contributed by atoms with E-state index in [0.29, 0.717) is 34.7 Å². The Bertz CT molecular complexity index is 780. The minimum absolute atomic E-state index is 0.00281. The van der Waals surface area contributed by atoms with E-state index in [1.54, 1.807) is 13.0 Å². The molecule has 0 saturated heterocycles. The summed E-state index contributed by atoms with van der Waals surface area (Å²) in [7, 11) is 0. The minimum atomic E-state index is -1.93. The predicted molar refractivity (Wildman–Crippen MR) is 93.6 cm³/mol. The van der Waals surface area contributed by atoms with E-state index < -0.39 is 17.5 Å². The molecule has 4 atom stereocenters. The molecule has 0 bridgehead atoms. The number of rotatable bonds is 3. The highest BCUT2D eigenvalue weighted by atomic mass is 16.5. The van der Waals surface area contributed by atoms with E-state index in [9.17, 15) is 19.8 Å². The van der Waals surface area contributed by atoms with Gasteiger partial charge in [-0.25, -0.2) is 0 Å². The number of carbonyl (C=O) groups is 2. The van der Waals surface area contributed by atoms with Crippen LogP contribution < -0.4 is 0 Å². The van der Waals surface area contributed by atoms with Gasteiger partial charge in [-0.15, -0.1) is 0 Å². The third-order valence-corrected chi connectivity index (χ3v) is 5.04. The summed E-state index contributed by atoms with van der Waals surface area (Å²) in [5.41, 5.74) is -0.583. The molecule has 2 heterocycles. The molecule has 3 aliphatic rings. The molecule has 140 valence electrons. The maximum Gasteiger partial charge on any atom is 0.193 e. The summed E-state index contributed by atoms with van der Waals surface area (Å²) in [6, 6.07) is 0. The van der Waals surface area contributed by atoms with Gasteiger partial charge in [-0.05, 0) is 38.8 Å². The van der Waals surface area contributed by atoms with Crippen LogP contribution in [0.25, 0.3) is 0 Å². The lowest BCUT2D eigenvalue weighted by atomic mass is 9.72. The van der Waals surface area contributed by atoms with Crippen molar-refractivity contribution in [3.8, 4) is 0 Å². The van der Waals surface area contributed by atoms with E-state index in [0.717, 1.165) is 0 Å². The van der Waals surface area contributed by atoms with Crippen molar-refractivity contribution >= 4 is 11.6 Å². The Hall–Kier alpha value is -2.18. The molecule has 1 aliphatic carbocycles. The molecule has 3 rings (SSSR count). The molecular weight excluding hydrogens is 336 g/mol. The van der Waals surface area contributed by atoms with Gasteiger partial charge in [0.15, 0.2) is 17.2 Å². The maximum absolute atomic E-state index is 12.9. The number of fused-ring (bicyclic) bond motifs is 1. The molecule has 0 saturated carbocycles. The Morgan fingerprint density at radius 2 is 2.04 bits per heavy atom. The first-order chi connectivity index (χ1) is 12.1. The molecule has 1 unspecified atom stereocenters. The molecule has 2 N–H and O–H groups in total. The monoisotopic (exact) mass is 360 g/mol. The predicted octanol–water partition coefficient (Wildman–Crippen LogP) is 2.08. The van der Waals surface area contributed by atoms with Gasteiger partial charge in [-0.2, -0.15) is 0 Å². The van der Waals surface area contributed by atoms with E-state index in [1.165, 1.54) is 19.3 Å². The summed E-state index contributed by atoms with van der Waals surface area (Å²) in [6.07, 6.45) is 3.62. The zero-order chi connectivity index (χ0) is 19.2. The van der Waals surface area contributed by atoms with E-state index in [-0.39, 0.29) is 24.2 Å². The van der Waals surface area contributed by atoms with Crippen LogP contribution in [0.4, 0.5) is 0 Å². The summed E-state index contributed by atoms with van der Waals surface area (Å²) >= 11 is 0. The van der Waals surface area contributed by atoms with Gasteiger partial charge in [0.05, 0.1) is 6.26 Å². The lowest BCUT2D eigenvalue weighted by molar-refractivity contribution is -0.141. The Kier molecular flexibility index (Phi) is 4.67. The van der Waals surface area contributed by atoms with Crippen LogP contribution in [0.1, 0.15) is 40.5 Å². The lowest BCUT2D eigenvalue weighted by Gasteiger charge is -2.38. The number of hydrogen-bond donors (Lipinski definition) is 2. The Morgan fingerprint density at radius 1 is 1.35 bits per heavy atom. The Labute approximate surface area is 152 Å². The highest BCUT2D eigenvalue weighted by molar-refractivity contribution is 6.06. The highest BCUT2D eigenvalue weighted by Gasteiger charge is 2.48. The lowest BCUT2D eigenvalue weighted by Crippen LogP contribution is -2.52. The Morgan fingerprint density at radius 3 is 2.69 bits per heavy atom. The number of ether oxygens (including phenoxy) is 2. The summed E-state index contributed by atoms with van der Waals surface area (Å²) < 4.78 is 11.1. The van der Waals surface area contributed by atoms with Crippen molar-refractivity contribution in [1.29, 1.82) is 0 Å². The van der Waals surface area contributed by atoms with Crippen molar-refractivity contribution in [3.05, 3.63) is 46.7 Å². The van der Waals surface area contributed by atoms with Crippen molar-refractivity contribution in [2.45, 2.75) is 58.3 Å². The van der Waals surface area contributed by atoms with Gasteiger partial charge in [-0.1, -0.05) is 6.92 Å². The fraction of sp³-hybridized carbons (Fsp3) is 0.500. The van der Waals surface area contributed by atoms with E-state index in [1.807, 2.05) is 13.8 Å². The number of allylic oxidation sites excluding steroid dienone is 4. The smallest absolute Gasteiger partial charge is 0.193 e. The summed E-state index contributed by atoms with van der Waals surface area (Å²) in [5.74, 6) is 0.386. The first-order valence-corrected chi connectivity index (χ1v) is 8.76. The topological polar surface area (TPSA) is 93.1 Å². The van der Waals surface area contributed by atoms with Gasteiger partial charge in [0.2, 0.25) is 0 Å². The van der Waals surface area contributed by atoms with Crippen LogP contribution in [0, 0.1) is 5.92 Å². The van der Waals surface area contributed by atoms with E-state index >= 15 is 0 Å². The van der Waals surface area contributed by atoms with Crippen LogP contribution in [-0.2, 0) is 19.1 Å². The molecular formula is C20H24O6. The third kappa shape index (κ3) is 3.15. The zero-order valence-electron chi connectivity index (χ0n) is 15.4. The van der Waals surface area contributed by atoms with E-state index in [4.69, 9.17) is 9.47 Å². The molecule has 6 heteroatoms. The van der Waals surface area contributed by atoms with Crippen LogP contribution in [0.3, 0.4) is 0 Å².